The van der Waals surface area contributed by atoms with Crippen LogP contribution in [-0.2, 0) is 118 Å². The van der Waals surface area contributed by atoms with Crippen molar-refractivity contribution in [1.82, 2.24) is 21.3 Å². The fourth-order valence-corrected chi connectivity index (χ4v) is 5.22. The summed E-state index contributed by atoms with van der Waals surface area (Å²) in [5.74, 6) is 0.702. The molecule has 0 aromatic heterocycles. The van der Waals surface area contributed by atoms with Crippen molar-refractivity contribution in [2.24, 2.45) is 20.0 Å². The van der Waals surface area contributed by atoms with Gasteiger partial charge in [0, 0.05) is 151 Å². The van der Waals surface area contributed by atoms with Gasteiger partial charge >= 0.3 is 0 Å². The molecule has 4 rings (SSSR count). The topological polar surface area (TPSA) is 536 Å². The van der Waals surface area contributed by atoms with Crippen LogP contribution in [0, 0.1) is 0 Å². The van der Waals surface area contributed by atoms with Crippen LogP contribution in [-0.4, -0.2) is 179 Å². The molecule has 0 heterocycles. The number of rotatable bonds is 28. The van der Waals surface area contributed by atoms with Gasteiger partial charge in [-0.25, -0.2) is 0 Å². The number of hydrogen-bond acceptors (Lipinski definition) is 20. The summed E-state index contributed by atoms with van der Waals surface area (Å²) in [6, 6.07) is 20.3. The zero-order valence-corrected chi connectivity index (χ0v) is 50.0. The van der Waals surface area contributed by atoms with Crippen LogP contribution < -0.4 is 60.6 Å². The predicted molar refractivity (Wildman–Crippen MR) is 265 cm³/mol. The van der Waals surface area contributed by atoms with Gasteiger partial charge in [-0.2, -0.15) is 0 Å². The van der Waals surface area contributed by atoms with Crippen LogP contribution in [0.25, 0.3) is 0 Å². The fraction of sp³-hybridized carbons (Fsp3) is 0.417. The van der Waals surface area contributed by atoms with Gasteiger partial charge in [-0.3, -0.25) is 20.0 Å². The number of benzene rings is 4. The average molecular weight is 1280 g/mol. The summed E-state index contributed by atoms with van der Waals surface area (Å²) in [5.41, 5.74) is 2.08. The van der Waals surface area contributed by atoms with E-state index in [0.29, 0.717) is 124 Å². The third-order valence-electron chi connectivity index (χ3n) is 8.66. The molecule has 28 nitrogen and oxygen atoms in total. The molecule has 0 unspecified atom stereocenters. The summed E-state index contributed by atoms with van der Waals surface area (Å²) in [4.78, 5) is 16.5. The molecule has 32 heteroatoms. The van der Waals surface area contributed by atoms with E-state index in [1.165, 1.54) is 28.4 Å². The number of methoxy groups -OCH3 is 4. The summed E-state index contributed by atoms with van der Waals surface area (Å²) < 4.78 is 19.7. The Bertz CT molecular complexity index is 1790. The van der Waals surface area contributed by atoms with Gasteiger partial charge in [0.05, 0.1) is 81.0 Å². The van der Waals surface area contributed by atoms with E-state index in [9.17, 15) is 20.4 Å². The predicted octanol–water partition coefficient (Wildman–Crippen LogP) is -1.88. The Morgan fingerprint density at radius 2 is 0.512 bits per heavy atom. The minimum Gasteiger partial charge on any atom is -2.00 e. The van der Waals surface area contributed by atoms with Crippen LogP contribution in [0.3, 0.4) is 0 Å². The van der Waals surface area contributed by atoms with Gasteiger partial charge in [0.2, 0.25) is 0 Å². The summed E-state index contributed by atoms with van der Waals surface area (Å²) >= 11 is 0. The Morgan fingerprint density at radius 3 is 0.662 bits per heavy atom. The Labute approximate surface area is 515 Å². The number of aliphatic hydroxyl groups excluding tert-OH is 4. The molecule has 8 N–H and O–H groups in total. The maximum atomic E-state index is 11.7. The molecule has 0 saturated carbocycles. The van der Waals surface area contributed by atoms with E-state index in [0.717, 1.165) is 0 Å². The van der Waals surface area contributed by atoms with E-state index >= 15 is 0 Å². The van der Waals surface area contributed by atoms with Gasteiger partial charge in [-0.1, -0.05) is 71.5 Å². The number of hydrogen-bond donors (Lipinski definition) is 8. The Hall–Kier alpha value is -4.34. The monoisotopic (exact) mass is 1280 g/mol. The van der Waals surface area contributed by atoms with E-state index in [1.54, 1.807) is 97.7 Å². The summed E-state index contributed by atoms with van der Waals surface area (Å²) in [6.45, 7) is 7.66. The number of aliphatic hydroxyl groups is 4. The molecule has 0 aliphatic carbocycles. The second-order valence-electron chi connectivity index (χ2n) is 13.6. The van der Waals surface area contributed by atoms with E-state index in [2.05, 4.69) is 41.2 Å². The number of aliphatic imine (C=N–C) groups is 4. The third kappa shape index (κ3) is 46.3. The van der Waals surface area contributed by atoms with Crippen LogP contribution in [0.1, 0.15) is 22.3 Å². The van der Waals surface area contributed by atoms with Crippen molar-refractivity contribution in [3.63, 3.8) is 0 Å². The molecule has 0 saturated heterocycles. The van der Waals surface area contributed by atoms with Gasteiger partial charge in [0.25, 0.3) is 0 Å². The van der Waals surface area contributed by atoms with Crippen molar-refractivity contribution in [3.05, 3.63) is 95.1 Å². The second-order valence-corrected chi connectivity index (χ2v) is 13.6. The van der Waals surface area contributed by atoms with Crippen LogP contribution >= 0.6 is 0 Å². The molecule has 80 heavy (non-hydrogen) atoms. The summed E-state index contributed by atoms with van der Waals surface area (Å²) in [5, 5.41) is 92.9. The van der Waals surface area contributed by atoms with Crippen molar-refractivity contribution in [2.75, 3.05) is 133 Å². The van der Waals surface area contributed by atoms with E-state index in [4.69, 9.17) is 39.4 Å². The standard InChI is InChI=1S/4C12H18N2O3.8O.4V/c4*1-17-11-4-2-3-10(12(11)16)9-14-6-5-13-7-8-15;;;;;;;;;;;;/h4*2-4,9,13,15-16H,5-8H2,1H3;;;;;;;;;;;;/q;;;;8*-2;;;;/p-4. The van der Waals surface area contributed by atoms with Crippen molar-refractivity contribution in [2.45, 2.75) is 0 Å². The van der Waals surface area contributed by atoms with E-state index < -0.39 is 0 Å². The van der Waals surface area contributed by atoms with Gasteiger partial charge in [-0.15, -0.1) is 0 Å². The first-order valence-electron chi connectivity index (χ1n) is 21.8. The molecule has 4 aromatic carbocycles. The number of nitrogens with one attached hydrogen (secondary N) is 4. The van der Waals surface area contributed by atoms with Crippen LogP contribution in [0.15, 0.2) is 92.8 Å². The van der Waals surface area contributed by atoms with Crippen molar-refractivity contribution >= 4 is 24.9 Å². The van der Waals surface area contributed by atoms with Crippen LogP contribution in [0.4, 0.5) is 0 Å². The zero-order chi connectivity index (χ0) is 50.0. The molecular formula is C48H68N8O20V4-20. The number of para-hydroxylation sites is 4. The van der Waals surface area contributed by atoms with Gasteiger partial charge in [0.1, 0.15) is 23.0 Å². The number of nitrogens with zero attached hydrogens (tertiary/aromatic N) is 4. The molecule has 0 amide bonds. The molecule has 0 spiro atoms. The quantitative estimate of drug-likeness (QED) is 0.0228. The first-order valence-corrected chi connectivity index (χ1v) is 21.8. The van der Waals surface area contributed by atoms with Gasteiger partial charge in [0.15, 0.2) is 0 Å². The van der Waals surface area contributed by atoms with Crippen molar-refractivity contribution in [1.29, 1.82) is 0 Å². The first kappa shape index (κ1) is 104. The normalized spacial score (nSPS) is 9.30. The Kier molecular flexibility index (Phi) is 92.0. The molecule has 0 aliphatic rings. The molecule has 4 aromatic rings. The maximum absolute atomic E-state index is 11.7. The van der Waals surface area contributed by atoms with Crippen LogP contribution in [0.5, 0.6) is 46.0 Å². The second kappa shape index (κ2) is 70.8. The molecular weight excluding hydrogens is 1210 g/mol. The van der Waals surface area contributed by atoms with E-state index in [-0.39, 0.29) is 167 Å². The molecule has 0 fully saturated rings. The van der Waals surface area contributed by atoms with Gasteiger partial charge in [-0.05, 0) is 46.5 Å². The molecule has 0 aliphatic heterocycles. The van der Waals surface area contributed by atoms with Crippen molar-refractivity contribution < 1.29 is 178 Å². The van der Waals surface area contributed by atoms with Crippen LogP contribution in [0.2, 0.25) is 0 Å². The van der Waals surface area contributed by atoms with Gasteiger partial charge < -0.3 is 125 Å². The zero-order valence-electron chi connectivity index (χ0n) is 44.4. The Morgan fingerprint density at radius 1 is 0.338 bits per heavy atom. The molecule has 0 bridgehead atoms. The molecule has 0 atom stereocenters. The molecule has 4 radical (unpaired) electrons. The largest absolute Gasteiger partial charge is 2.00 e. The minimum atomic E-state index is -0.151. The van der Waals surface area contributed by atoms with E-state index in [1.807, 2.05) is 0 Å². The maximum Gasteiger partial charge on any atom is 0.111 e. The molecule has 460 valence electrons. The summed E-state index contributed by atoms with van der Waals surface area (Å²) in [7, 11) is 5.87. The van der Waals surface area contributed by atoms with Crippen molar-refractivity contribution in [3.8, 4) is 46.0 Å². The smallest absolute Gasteiger partial charge is 0.111 e. The minimum absolute atomic E-state index is 0. The fourth-order valence-electron chi connectivity index (χ4n) is 5.22. The third-order valence-corrected chi connectivity index (χ3v) is 8.66. The first-order chi connectivity index (χ1) is 33.2. The SMILES string of the molecule is COc1cccc(C=NCCNCCO)c1[O-].COc1cccc(C=NCCNCCO)c1[O-].COc1cccc(C=NCCNCCO)c1[O-].COc1cccc(C=NCCNCCO)c1[O-].[O-2].[O-2].[O-2].[O-2].[O-2].[O-2].[O-2].[O-2].[V].[V].[V].[V]. The summed E-state index contributed by atoms with van der Waals surface area (Å²) in [6.07, 6.45) is 6.19. The number of ether oxygens (including phenoxy) is 4. The average Bonchev–Trinajstić information content (AvgIpc) is 3.36. The Balaban J connectivity index is -0.0000000734.